The summed E-state index contributed by atoms with van der Waals surface area (Å²) in [6.07, 6.45) is 0. The first kappa shape index (κ1) is 22.1. The van der Waals surface area contributed by atoms with E-state index in [2.05, 4.69) is 41.2 Å². The fraction of sp³-hybridized carbons (Fsp3) is 0.208. The number of pyridine rings is 1. The monoisotopic (exact) mass is 580 g/mol. The maximum Gasteiger partial charge on any atom is 3.00 e. The minimum atomic E-state index is -0.408. The Morgan fingerprint density at radius 3 is 2.50 bits per heavy atom. The van der Waals surface area contributed by atoms with Crippen LogP contribution in [-0.4, -0.2) is 15.1 Å². The van der Waals surface area contributed by atoms with E-state index in [-0.39, 0.29) is 28.2 Å². The molecule has 4 rings (SSSR count). The van der Waals surface area contributed by atoms with Crippen molar-refractivity contribution in [3.8, 4) is 22.6 Å². The van der Waals surface area contributed by atoms with Crippen LogP contribution < -0.4 is 5.10 Å². The van der Waals surface area contributed by atoms with E-state index in [0.29, 0.717) is 17.3 Å². The number of rotatable bonds is 4. The second-order valence-electron chi connectivity index (χ2n) is 7.57. The summed E-state index contributed by atoms with van der Waals surface area (Å²) in [6.45, 7) is 7.89. The first-order valence-electron chi connectivity index (χ1n) is 9.37. The Kier molecular flexibility index (Phi) is 6.36. The van der Waals surface area contributed by atoms with E-state index in [1.807, 2.05) is 43.3 Å². The topological polar surface area (TPSA) is 52.8 Å². The van der Waals surface area contributed by atoms with Gasteiger partial charge in [-0.25, -0.2) is 11.1 Å². The normalized spacial score (nSPS) is 11.2. The molecule has 0 saturated carbocycles. The van der Waals surface area contributed by atoms with Crippen LogP contribution in [0.5, 0.6) is 0 Å². The van der Waals surface area contributed by atoms with Crippen molar-refractivity contribution >= 4 is 0 Å². The third kappa shape index (κ3) is 4.29. The van der Waals surface area contributed by atoms with E-state index in [4.69, 9.17) is 4.98 Å². The number of hydrogen-bond acceptors (Lipinski definition) is 3. The molecule has 0 amide bonds. The molecule has 4 aromatic rings. The molecule has 0 fully saturated rings. The first-order valence-corrected chi connectivity index (χ1v) is 9.37. The van der Waals surface area contributed by atoms with Gasteiger partial charge in [0, 0.05) is 22.8 Å². The quantitative estimate of drug-likeness (QED) is 0.256. The van der Waals surface area contributed by atoms with Crippen molar-refractivity contribution < 1.29 is 26.8 Å². The molecule has 4 nitrogen and oxygen atoms in total. The Bertz CT molecular complexity index is 1180. The molecule has 0 aliphatic carbocycles. The van der Waals surface area contributed by atoms with Crippen molar-refractivity contribution in [2.45, 2.75) is 33.1 Å². The van der Waals surface area contributed by atoms with Crippen LogP contribution in [0.4, 0.5) is 4.39 Å². The van der Waals surface area contributed by atoms with Crippen molar-refractivity contribution in [3.05, 3.63) is 89.1 Å². The van der Waals surface area contributed by atoms with Crippen LogP contribution in [0.15, 0.2) is 48.5 Å². The van der Waals surface area contributed by atoms with Crippen LogP contribution >= 0.6 is 0 Å². The number of hydrogen-bond donors (Lipinski definition) is 0. The predicted molar refractivity (Wildman–Crippen MR) is 110 cm³/mol. The van der Waals surface area contributed by atoms with Crippen molar-refractivity contribution in [2.75, 3.05) is 0 Å². The Morgan fingerprint density at radius 1 is 1.03 bits per heavy atom. The van der Waals surface area contributed by atoms with Crippen molar-refractivity contribution in [2.24, 2.45) is 0 Å². The van der Waals surface area contributed by atoms with E-state index in [1.54, 1.807) is 6.92 Å². The summed E-state index contributed by atoms with van der Waals surface area (Å²) in [5.74, 6) is 0.857. The summed E-state index contributed by atoms with van der Waals surface area (Å²) < 4.78 is 13.5. The second-order valence-corrected chi connectivity index (χ2v) is 7.57. The molecule has 2 aromatic carbocycles. The summed E-state index contributed by atoms with van der Waals surface area (Å²) in [5, 5.41) is 8.05. The van der Waals surface area contributed by atoms with Gasteiger partial charge in [0.1, 0.15) is 0 Å². The smallest absolute Gasteiger partial charge is 0.421 e. The Labute approximate surface area is 191 Å². The van der Waals surface area contributed by atoms with Crippen molar-refractivity contribution in [1.82, 2.24) is 20.2 Å². The molecule has 0 aliphatic rings. The van der Waals surface area contributed by atoms with Crippen molar-refractivity contribution in [3.63, 3.8) is 0 Å². The molecule has 0 N–H and O–H groups in total. The van der Waals surface area contributed by atoms with Crippen LogP contribution in [0.2, 0.25) is 0 Å². The average Bonchev–Trinajstić information content (AvgIpc) is 3.14. The summed E-state index contributed by atoms with van der Waals surface area (Å²) in [6, 6.07) is 21.2. The van der Waals surface area contributed by atoms with Gasteiger partial charge in [-0.05, 0) is 24.9 Å². The van der Waals surface area contributed by atoms with E-state index in [9.17, 15) is 4.39 Å². The molecule has 0 bridgehead atoms. The molecule has 30 heavy (non-hydrogen) atoms. The van der Waals surface area contributed by atoms with Gasteiger partial charge < -0.3 is 10.1 Å². The zero-order chi connectivity index (χ0) is 20.6. The minimum Gasteiger partial charge on any atom is -0.421 e. The van der Waals surface area contributed by atoms with Gasteiger partial charge in [-0.2, -0.15) is 29.8 Å². The van der Waals surface area contributed by atoms with Crippen LogP contribution in [-0.2, 0) is 27.8 Å². The average molecular weight is 580 g/mol. The fourth-order valence-electron chi connectivity index (χ4n) is 3.32. The maximum absolute atomic E-state index is 13.5. The number of halogens is 1. The number of aryl methyl sites for hydroxylation is 2. The Morgan fingerprint density at radius 2 is 1.80 bits per heavy atom. The third-order valence-corrected chi connectivity index (χ3v) is 5.02. The number of aromatic nitrogens is 4. The van der Waals surface area contributed by atoms with Crippen molar-refractivity contribution in [1.29, 1.82) is 0 Å². The Hall–Kier alpha value is -2.60. The molecule has 0 spiro atoms. The van der Waals surface area contributed by atoms with Crippen LogP contribution in [0, 0.1) is 31.8 Å². The molecule has 154 valence electrons. The van der Waals surface area contributed by atoms with Gasteiger partial charge in [0.2, 0.25) is 0 Å². The molecule has 2 aromatic heterocycles. The summed E-state index contributed by atoms with van der Waals surface area (Å²) in [4.78, 5) is 9.11. The standard InChI is InChI=1S/C24H20FN4.Au/c1-15-13-19(25)11-12-20(15)17-7-5-8-18(14-17)24(3,4)22-10-6-9-21(27-22)23-26-16(2)28-29-23;/h5-11,13H,1-4H3;/q-3;+3. The largest absolute Gasteiger partial charge is 3.00 e. The summed E-state index contributed by atoms with van der Waals surface area (Å²) >= 11 is 0. The van der Waals surface area contributed by atoms with E-state index in [1.165, 1.54) is 12.1 Å². The van der Waals surface area contributed by atoms with Gasteiger partial charge in [-0.1, -0.05) is 26.8 Å². The van der Waals surface area contributed by atoms with Gasteiger partial charge in [0.15, 0.2) is 0 Å². The first-order chi connectivity index (χ1) is 13.8. The summed E-state index contributed by atoms with van der Waals surface area (Å²) in [7, 11) is 0. The van der Waals surface area contributed by atoms with Gasteiger partial charge in [-0.15, -0.1) is 23.8 Å². The van der Waals surface area contributed by atoms with Gasteiger partial charge >= 0.3 is 22.4 Å². The van der Waals surface area contributed by atoms with Gasteiger partial charge in [0.05, 0.1) is 5.69 Å². The second kappa shape index (κ2) is 8.64. The maximum atomic E-state index is 13.5. The molecule has 6 heteroatoms. The SMILES string of the molecule is Cc1n[n-]c(-c2cccc(C(C)(C)c3[c-]c(-c4[c-]cc(F)cc4C)ccc3)n2)n1.[Au+3]. The Balaban J connectivity index is 0.00000256. The summed E-state index contributed by atoms with van der Waals surface area (Å²) in [5.41, 5.74) is 4.69. The van der Waals surface area contributed by atoms with Gasteiger partial charge in [-0.3, -0.25) is 14.5 Å². The predicted octanol–water partition coefficient (Wildman–Crippen LogP) is 4.84. The van der Waals surface area contributed by atoms with E-state index < -0.39 is 5.41 Å². The molecule has 0 saturated heterocycles. The zero-order valence-corrected chi connectivity index (χ0v) is 19.3. The molecule has 0 atom stereocenters. The van der Waals surface area contributed by atoms with Crippen LogP contribution in [0.1, 0.15) is 36.5 Å². The van der Waals surface area contributed by atoms with Crippen LogP contribution in [0.25, 0.3) is 22.6 Å². The fourth-order valence-corrected chi connectivity index (χ4v) is 3.32. The number of nitrogens with zero attached hydrogens (tertiary/aromatic N) is 4. The number of benzene rings is 2. The molecule has 2 heterocycles. The zero-order valence-electron chi connectivity index (χ0n) is 17.1. The molecule has 0 radical (unpaired) electrons. The van der Waals surface area contributed by atoms with Gasteiger partial charge in [0.25, 0.3) is 0 Å². The van der Waals surface area contributed by atoms with E-state index in [0.717, 1.165) is 27.9 Å². The molecular weight excluding hydrogens is 560 g/mol. The molecule has 0 aliphatic heterocycles. The molecular formula is C24H20AuFN4. The minimum absolute atomic E-state index is 0. The third-order valence-electron chi connectivity index (χ3n) is 5.02. The van der Waals surface area contributed by atoms with Crippen LogP contribution in [0.3, 0.4) is 0 Å². The molecule has 0 unspecified atom stereocenters. The van der Waals surface area contributed by atoms with E-state index >= 15 is 0 Å².